The van der Waals surface area contributed by atoms with Crippen LogP contribution < -0.4 is 17.0 Å². The summed E-state index contributed by atoms with van der Waals surface area (Å²) in [4.78, 5) is 0. The van der Waals surface area contributed by atoms with Crippen molar-refractivity contribution in [1.82, 2.24) is 0 Å². The Bertz CT molecular complexity index is 274. The lowest BCUT2D eigenvalue weighted by Gasteiger charge is -2.42. The highest BCUT2D eigenvalue weighted by Crippen LogP contribution is 2.24. The minimum Gasteiger partial charge on any atom is -1.00 e. The van der Waals surface area contributed by atoms with Gasteiger partial charge in [-0.3, -0.25) is 0 Å². The van der Waals surface area contributed by atoms with Crippen LogP contribution in [0.5, 0.6) is 0 Å². The van der Waals surface area contributed by atoms with Gasteiger partial charge in [0.15, 0.2) is 0 Å². The Morgan fingerprint density at radius 3 is 1.91 bits per heavy atom. The molecule has 1 aliphatic heterocycles. The summed E-state index contributed by atoms with van der Waals surface area (Å²) in [6.07, 6.45) is 14.1. The van der Waals surface area contributed by atoms with Gasteiger partial charge < -0.3 is 31.3 Å². The zero-order chi connectivity index (χ0) is 15.6. The summed E-state index contributed by atoms with van der Waals surface area (Å²) in [6, 6.07) is 0. The Kier molecular flexibility index (Phi) is 12.0. The molecule has 1 atom stereocenters. The molecule has 0 aromatic rings. The highest BCUT2D eigenvalue weighted by atomic mass is 79.9. The minimum absolute atomic E-state index is 0. The number of hydrogen-bond donors (Lipinski definition) is 1. The Balaban J connectivity index is 0.00000441. The van der Waals surface area contributed by atoms with Crippen molar-refractivity contribution in [2.45, 2.75) is 83.3 Å². The maximum atomic E-state index is 10.5. The van der Waals surface area contributed by atoms with Gasteiger partial charge in [-0.25, -0.2) is 0 Å². The third kappa shape index (κ3) is 10.2. The quantitative estimate of drug-likeness (QED) is 0.430. The first kappa shape index (κ1) is 22.4. The third-order valence-electron chi connectivity index (χ3n) is 4.66. The van der Waals surface area contributed by atoms with Gasteiger partial charge in [0.1, 0.15) is 13.1 Å². The average molecular weight is 380 g/mol. The van der Waals surface area contributed by atoms with Crippen molar-refractivity contribution in [2.75, 3.05) is 33.8 Å². The van der Waals surface area contributed by atoms with Gasteiger partial charge in [0.05, 0.1) is 20.7 Å². The van der Waals surface area contributed by atoms with Crippen LogP contribution in [0, 0.1) is 0 Å². The number of nitrogens with zero attached hydrogens (tertiary/aromatic N) is 1. The van der Waals surface area contributed by atoms with Crippen LogP contribution in [-0.4, -0.2) is 49.2 Å². The largest absolute Gasteiger partial charge is 1.00 e. The molecule has 0 saturated carbocycles. The van der Waals surface area contributed by atoms with E-state index in [1.54, 1.807) is 0 Å². The third-order valence-corrected chi connectivity index (χ3v) is 4.66. The SMILES string of the molecule is CCCCCCCCCCCCC1(O)C[N+](C)(C)CCO1.[Br-]. The number of ether oxygens (including phenoxy) is 1. The van der Waals surface area contributed by atoms with E-state index in [1.807, 2.05) is 0 Å². The molecule has 1 saturated heterocycles. The van der Waals surface area contributed by atoms with Crippen molar-refractivity contribution in [3.8, 4) is 0 Å². The van der Waals surface area contributed by atoms with Gasteiger partial charge in [-0.15, -0.1) is 0 Å². The Labute approximate surface area is 148 Å². The second-order valence-corrected chi connectivity index (χ2v) is 7.54. The van der Waals surface area contributed by atoms with Crippen LogP contribution >= 0.6 is 0 Å². The number of rotatable bonds is 11. The van der Waals surface area contributed by atoms with Crippen LogP contribution in [0.1, 0.15) is 77.6 Å². The summed E-state index contributed by atoms with van der Waals surface area (Å²) >= 11 is 0. The summed E-state index contributed by atoms with van der Waals surface area (Å²) in [5.74, 6) is -0.873. The second-order valence-electron chi connectivity index (χ2n) is 7.54. The highest BCUT2D eigenvalue weighted by Gasteiger charge is 2.39. The molecule has 4 heteroatoms. The summed E-state index contributed by atoms with van der Waals surface area (Å²) < 4.78 is 6.49. The maximum Gasteiger partial charge on any atom is 0.216 e. The van der Waals surface area contributed by atoms with Crippen LogP contribution in [0.15, 0.2) is 0 Å². The van der Waals surface area contributed by atoms with Gasteiger partial charge in [0.2, 0.25) is 5.79 Å². The molecule has 0 spiro atoms. The van der Waals surface area contributed by atoms with Gasteiger partial charge in [-0.1, -0.05) is 64.7 Å². The molecule has 0 amide bonds. The summed E-state index contributed by atoms with van der Waals surface area (Å²) in [7, 11) is 4.35. The van der Waals surface area contributed by atoms with E-state index in [4.69, 9.17) is 4.74 Å². The van der Waals surface area contributed by atoms with Crippen molar-refractivity contribution < 1.29 is 31.3 Å². The van der Waals surface area contributed by atoms with Gasteiger partial charge >= 0.3 is 0 Å². The van der Waals surface area contributed by atoms with E-state index in [0.717, 1.165) is 30.4 Å². The van der Waals surface area contributed by atoms with Gasteiger partial charge in [0.25, 0.3) is 0 Å². The summed E-state index contributed by atoms with van der Waals surface area (Å²) in [6.45, 7) is 4.68. The standard InChI is InChI=1S/C18H38NO2.BrH/c1-4-5-6-7-8-9-10-11-12-13-14-18(20)17-19(2,3)15-16-21-18;/h20H,4-17H2,1-3H3;1H/q+1;/p-1. The van der Waals surface area contributed by atoms with Gasteiger partial charge in [0, 0.05) is 6.42 Å². The molecule has 0 radical (unpaired) electrons. The molecule has 1 fully saturated rings. The van der Waals surface area contributed by atoms with Crippen molar-refractivity contribution in [3.05, 3.63) is 0 Å². The van der Waals surface area contributed by atoms with Gasteiger partial charge in [-0.05, 0) is 6.42 Å². The Morgan fingerprint density at radius 1 is 0.909 bits per heavy atom. The molecule has 1 rings (SSSR count). The first-order valence-electron chi connectivity index (χ1n) is 9.16. The first-order valence-corrected chi connectivity index (χ1v) is 9.16. The number of likely N-dealkylation sites (N-methyl/N-ethyl adjacent to an activating group) is 1. The first-order chi connectivity index (χ1) is 9.97. The minimum atomic E-state index is -0.873. The van der Waals surface area contributed by atoms with Crippen LogP contribution in [0.3, 0.4) is 0 Å². The van der Waals surface area contributed by atoms with E-state index >= 15 is 0 Å². The van der Waals surface area contributed by atoms with Crippen molar-refractivity contribution >= 4 is 0 Å². The molecule has 1 aliphatic rings. The lowest BCUT2D eigenvalue weighted by Crippen LogP contribution is -3.00. The smallest absolute Gasteiger partial charge is 0.216 e. The van der Waals surface area contributed by atoms with E-state index < -0.39 is 5.79 Å². The number of aliphatic hydroxyl groups is 1. The number of unbranched alkanes of at least 4 members (excludes halogenated alkanes) is 9. The maximum absolute atomic E-state index is 10.5. The fourth-order valence-corrected chi connectivity index (χ4v) is 3.32. The topological polar surface area (TPSA) is 29.5 Å². The second kappa shape index (κ2) is 11.8. The Hall–Kier alpha value is 0.360. The number of hydrogen-bond acceptors (Lipinski definition) is 2. The van der Waals surface area contributed by atoms with E-state index in [-0.39, 0.29) is 17.0 Å². The van der Waals surface area contributed by atoms with E-state index in [0.29, 0.717) is 6.61 Å². The Morgan fingerprint density at radius 2 is 1.41 bits per heavy atom. The monoisotopic (exact) mass is 379 g/mol. The lowest BCUT2D eigenvalue weighted by atomic mass is 10.0. The van der Waals surface area contributed by atoms with E-state index in [9.17, 15) is 5.11 Å². The average Bonchev–Trinajstić information content (AvgIpc) is 2.39. The zero-order valence-electron chi connectivity index (χ0n) is 15.1. The predicted molar refractivity (Wildman–Crippen MR) is 89.2 cm³/mol. The van der Waals surface area contributed by atoms with Gasteiger partial charge in [-0.2, -0.15) is 0 Å². The fourth-order valence-electron chi connectivity index (χ4n) is 3.32. The molecule has 1 N–H and O–H groups in total. The lowest BCUT2D eigenvalue weighted by molar-refractivity contribution is -0.911. The van der Waals surface area contributed by atoms with Crippen molar-refractivity contribution in [1.29, 1.82) is 0 Å². The highest BCUT2D eigenvalue weighted by molar-refractivity contribution is 4.70. The summed E-state index contributed by atoms with van der Waals surface area (Å²) in [5.41, 5.74) is 0. The molecule has 0 bridgehead atoms. The van der Waals surface area contributed by atoms with Crippen LogP contribution in [0.25, 0.3) is 0 Å². The zero-order valence-corrected chi connectivity index (χ0v) is 16.7. The van der Waals surface area contributed by atoms with Crippen LogP contribution in [0.2, 0.25) is 0 Å². The fraction of sp³-hybridized carbons (Fsp3) is 1.00. The van der Waals surface area contributed by atoms with E-state index in [1.165, 1.54) is 57.8 Å². The van der Waals surface area contributed by atoms with E-state index in [2.05, 4.69) is 21.0 Å². The molecule has 0 aromatic carbocycles. The molecule has 22 heavy (non-hydrogen) atoms. The normalized spacial score (nSPS) is 24.0. The molecule has 0 aliphatic carbocycles. The summed E-state index contributed by atoms with van der Waals surface area (Å²) in [5, 5.41) is 10.5. The number of morpholine rings is 1. The molecule has 134 valence electrons. The number of halogens is 1. The molecule has 3 nitrogen and oxygen atoms in total. The predicted octanol–water partition coefficient (Wildman–Crippen LogP) is 1.10. The molecule has 1 unspecified atom stereocenters. The molecular formula is C18H38BrNO2. The molecule has 1 heterocycles. The molecule has 0 aromatic heterocycles. The molecular weight excluding hydrogens is 342 g/mol. The van der Waals surface area contributed by atoms with Crippen LogP contribution in [-0.2, 0) is 4.74 Å². The van der Waals surface area contributed by atoms with Crippen molar-refractivity contribution in [3.63, 3.8) is 0 Å². The van der Waals surface area contributed by atoms with Crippen molar-refractivity contribution in [2.24, 2.45) is 0 Å². The number of quaternary nitrogens is 1. The van der Waals surface area contributed by atoms with Crippen LogP contribution in [0.4, 0.5) is 0 Å².